The molecule has 9 heteroatoms. The third kappa shape index (κ3) is 4.82. The molecule has 192 valence electrons. The molecule has 0 heterocycles. The summed E-state index contributed by atoms with van der Waals surface area (Å²) in [7, 11) is -4.70. The van der Waals surface area contributed by atoms with E-state index in [0.717, 1.165) is 38.5 Å². The maximum Gasteiger partial charge on any atom is 1.00 e. The van der Waals surface area contributed by atoms with Gasteiger partial charge < -0.3 is 19.9 Å². The molecule has 0 bridgehead atoms. The van der Waals surface area contributed by atoms with E-state index in [0.29, 0.717) is 12.8 Å². The molecule has 4 aliphatic carbocycles. The summed E-state index contributed by atoms with van der Waals surface area (Å²) < 4.78 is 37.0. The zero-order chi connectivity index (χ0) is 24.3. The molecule has 0 radical (unpaired) electrons. The van der Waals surface area contributed by atoms with Gasteiger partial charge in [0.15, 0.2) is 0 Å². The van der Waals surface area contributed by atoms with E-state index < -0.39 is 22.6 Å². The van der Waals surface area contributed by atoms with Crippen molar-refractivity contribution in [3.8, 4) is 0 Å². The Morgan fingerprint density at radius 2 is 1.74 bits per heavy atom. The van der Waals surface area contributed by atoms with Gasteiger partial charge in [0.2, 0.25) is 10.4 Å². The number of rotatable bonds is 6. The first-order valence-electron chi connectivity index (χ1n) is 13.0. The SMILES string of the molecule is CC[C@H]1[C@@H](O)C2C3CC[C@H]([C@H](C)CCOS(=O)(=O)[O-])[C@@]3(C)[C@@H](O)CC2[C@@]2(C)CC[C@@H](O)C[C@@H]12.[Na+]. The van der Waals surface area contributed by atoms with E-state index >= 15 is 0 Å². The van der Waals surface area contributed by atoms with Crippen molar-refractivity contribution in [3.05, 3.63) is 0 Å². The fourth-order valence-corrected chi connectivity index (χ4v) is 9.73. The molecule has 3 N–H and O–H groups in total. The molecule has 4 saturated carbocycles. The van der Waals surface area contributed by atoms with Gasteiger partial charge in [0.05, 0.1) is 24.9 Å². The van der Waals surface area contributed by atoms with Gasteiger partial charge in [0.1, 0.15) is 0 Å². The quantitative estimate of drug-likeness (QED) is 0.263. The van der Waals surface area contributed by atoms with Gasteiger partial charge in [-0.25, -0.2) is 8.42 Å². The molecule has 0 spiro atoms. The van der Waals surface area contributed by atoms with Crippen LogP contribution in [0.15, 0.2) is 0 Å². The molecule has 3 unspecified atom stereocenters. The molecule has 12 atom stereocenters. The van der Waals surface area contributed by atoms with Crippen LogP contribution in [0.2, 0.25) is 0 Å². The third-order valence-electron chi connectivity index (χ3n) is 11.1. The van der Waals surface area contributed by atoms with Gasteiger partial charge in [0.25, 0.3) is 0 Å². The van der Waals surface area contributed by atoms with E-state index in [1.165, 1.54) is 0 Å². The van der Waals surface area contributed by atoms with Crippen molar-refractivity contribution in [3.63, 3.8) is 0 Å². The Hall–Kier alpha value is 0.750. The average molecular weight is 511 g/mol. The summed E-state index contributed by atoms with van der Waals surface area (Å²) in [6.07, 6.45) is 5.16. The van der Waals surface area contributed by atoms with Gasteiger partial charge in [-0.2, -0.15) is 0 Å². The van der Waals surface area contributed by atoms with Gasteiger partial charge in [-0.1, -0.05) is 34.1 Å². The largest absolute Gasteiger partial charge is 1.00 e. The first-order valence-corrected chi connectivity index (χ1v) is 14.3. The van der Waals surface area contributed by atoms with Crippen LogP contribution in [0.1, 0.15) is 79.1 Å². The Kier molecular flexibility index (Phi) is 9.04. The van der Waals surface area contributed by atoms with Crippen molar-refractivity contribution in [1.82, 2.24) is 0 Å². The molecule has 0 aliphatic heterocycles. The van der Waals surface area contributed by atoms with Crippen LogP contribution in [-0.2, 0) is 14.6 Å². The summed E-state index contributed by atoms with van der Waals surface area (Å²) in [6, 6.07) is 0. The third-order valence-corrected chi connectivity index (χ3v) is 11.5. The second-order valence-corrected chi connectivity index (χ2v) is 13.2. The summed E-state index contributed by atoms with van der Waals surface area (Å²) in [6.45, 7) is 8.60. The van der Waals surface area contributed by atoms with Gasteiger partial charge in [-0.3, -0.25) is 4.18 Å². The zero-order valence-corrected chi connectivity index (χ0v) is 24.3. The van der Waals surface area contributed by atoms with Crippen LogP contribution in [0.25, 0.3) is 0 Å². The molecule has 0 aromatic carbocycles. The summed E-state index contributed by atoms with van der Waals surface area (Å²) >= 11 is 0. The van der Waals surface area contributed by atoms with E-state index in [2.05, 4.69) is 31.9 Å². The van der Waals surface area contributed by atoms with Crippen molar-refractivity contribution < 1.29 is 62.0 Å². The fraction of sp³-hybridized carbons (Fsp3) is 1.00. The van der Waals surface area contributed by atoms with E-state index in [4.69, 9.17) is 0 Å². The van der Waals surface area contributed by atoms with Crippen LogP contribution in [0.5, 0.6) is 0 Å². The van der Waals surface area contributed by atoms with Gasteiger partial charge in [0, 0.05) is 0 Å². The Morgan fingerprint density at radius 1 is 1.06 bits per heavy atom. The first kappa shape index (κ1) is 29.3. The minimum Gasteiger partial charge on any atom is -0.726 e. The molecule has 0 saturated heterocycles. The van der Waals surface area contributed by atoms with Gasteiger partial charge in [-0.05, 0) is 97.2 Å². The van der Waals surface area contributed by atoms with Crippen molar-refractivity contribution in [2.45, 2.75) is 97.4 Å². The number of fused-ring (bicyclic) bond motifs is 5. The predicted octanol–water partition coefficient (Wildman–Crippen LogP) is 0.0909. The summed E-state index contributed by atoms with van der Waals surface area (Å²) in [5.74, 6) is 1.31. The maximum absolute atomic E-state index is 11.7. The smallest absolute Gasteiger partial charge is 0.726 e. The van der Waals surface area contributed by atoms with Crippen molar-refractivity contribution in [1.29, 1.82) is 0 Å². The number of aliphatic hydroxyl groups is 3. The summed E-state index contributed by atoms with van der Waals surface area (Å²) in [4.78, 5) is 0. The molecule has 0 aromatic rings. The van der Waals surface area contributed by atoms with E-state index in [-0.39, 0.29) is 94.5 Å². The fourth-order valence-electron chi connectivity index (χ4n) is 9.43. The van der Waals surface area contributed by atoms with Gasteiger partial charge >= 0.3 is 29.6 Å². The predicted molar refractivity (Wildman–Crippen MR) is 123 cm³/mol. The Labute approximate surface area is 227 Å². The zero-order valence-electron chi connectivity index (χ0n) is 21.5. The number of hydrogen-bond donors (Lipinski definition) is 3. The topological polar surface area (TPSA) is 127 Å². The molecule has 4 fully saturated rings. The normalized spacial score (nSPS) is 49.4. The molecular weight excluding hydrogens is 467 g/mol. The monoisotopic (exact) mass is 510 g/mol. The molecule has 0 aromatic heterocycles. The van der Waals surface area contributed by atoms with E-state index in [1.54, 1.807) is 0 Å². The minimum atomic E-state index is -4.70. The molecule has 7 nitrogen and oxygen atoms in total. The Balaban J connectivity index is 0.00000324. The second kappa shape index (κ2) is 10.5. The van der Waals surface area contributed by atoms with Crippen LogP contribution < -0.4 is 29.6 Å². The van der Waals surface area contributed by atoms with Crippen LogP contribution >= 0.6 is 0 Å². The molecular formula is C25H43NaO7S. The Bertz CT molecular complexity index is 824. The van der Waals surface area contributed by atoms with Gasteiger partial charge in [-0.15, -0.1) is 0 Å². The first-order chi connectivity index (χ1) is 15.3. The minimum absolute atomic E-state index is 0. The second-order valence-electron chi connectivity index (χ2n) is 12.2. The summed E-state index contributed by atoms with van der Waals surface area (Å²) in [5, 5.41) is 33.8. The van der Waals surface area contributed by atoms with E-state index in [9.17, 15) is 28.3 Å². The molecule has 4 rings (SSSR count). The van der Waals surface area contributed by atoms with E-state index in [1.807, 2.05) is 0 Å². The number of hydrogen-bond acceptors (Lipinski definition) is 7. The molecule has 4 aliphatic rings. The Morgan fingerprint density at radius 3 is 2.35 bits per heavy atom. The maximum atomic E-state index is 11.7. The average Bonchev–Trinajstić information content (AvgIpc) is 3.08. The molecule has 0 amide bonds. The van der Waals surface area contributed by atoms with Crippen molar-refractivity contribution >= 4 is 10.4 Å². The van der Waals surface area contributed by atoms with Crippen LogP contribution in [0.3, 0.4) is 0 Å². The van der Waals surface area contributed by atoms with Crippen LogP contribution in [-0.4, -0.2) is 53.2 Å². The number of aliphatic hydroxyl groups excluding tert-OH is 3. The van der Waals surface area contributed by atoms with Crippen LogP contribution in [0.4, 0.5) is 0 Å². The summed E-state index contributed by atoms with van der Waals surface area (Å²) in [5.41, 5.74) is -0.334. The van der Waals surface area contributed by atoms with Crippen molar-refractivity contribution in [2.24, 2.45) is 52.3 Å². The standard InChI is InChI=1S/C25H44O7S.Na/c1-5-16-19-12-15(26)8-10-24(19,3)20-13-21(27)25(4)17(6-7-18(25)22(20)23(16)28)14(2)9-11-32-33(29,30)31;/h14-23,26-28H,5-13H2,1-4H3,(H,29,30,31);/q;+1/p-1/t14-,15-,16-,17-,18?,19+,20?,21+,22?,23-,24+,25-;/m1./s1. The molecule has 34 heavy (non-hydrogen) atoms. The van der Waals surface area contributed by atoms with Crippen molar-refractivity contribution in [2.75, 3.05) is 6.61 Å². The van der Waals surface area contributed by atoms with Crippen LogP contribution in [0, 0.1) is 52.3 Å².